The predicted octanol–water partition coefficient (Wildman–Crippen LogP) is 3.60. The Labute approximate surface area is 120 Å². The lowest BCUT2D eigenvalue weighted by Gasteiger charge is -2.18. The molecule has 104 valence electrons. The summed E-state index contributed by atoms with van der Waals surface area (Å²) in [5, 5.41) is 8.48. The molecule has 1 aromatic rings. The van der Waals surface area contributed by atoms with E-state index in [9.17, 15) is 0 Å². The quantitative estimate of drug-likeness (QED) is 0.793. The van der Waals surface area contributed by atoms with E-state index >= 15 is 0 Å². The summed E-state index contributed by atoms with van der Waals surface area (Å²) >= 11 is 8.23. The normalized spacial score (nSPS) is 13.2. The fourth-order valence-corrected chi connectivity index (χ4v) is 3.27. The van der Waals surface area contributed by atoms with Crippen LogP contribution < -0.4 is 5.32 Å². The van der Waals surface area contributed by atoms with Gasteiger partial charge in [0.25, 0.3) is 0 Å². The van der Waals surface area contributed by atoms with Crippen molar-refractivity contribution in [3.05, 3.63) is 16.9 Å². The molecule has 0 spiro atoms. The van der Waals surface area contributed by atoms with Crippen LogP contribution in [0.5, 0.6) is 0 Å². The molecule has 1 heterocycles. The van der Waals surface area contributed by atoms with Gasteiger partial charge in [0.1, 0.15) is 0 Å². The summed E-state index contributed by atoms with van der Waals surface area (Å²) < 4.78 is 2.03. The molecule has 3 nitrogen and oxygen atoms in total. The van der Waals surface area contributed by atoms with E-state index in [4.69, 9.17) is 11.6 Å². The Morgan fingerprint density at radius 1 is 1.44 bits per heavy atom. The number of thioether (sulfide) groups is 1. The molecule has 0 aromatic carbocycles. The molecule has 0 bridgehead atoms. The number of nitrogens with one attached hydrogen (secondary N) is 1. The second-order valence-corrected chi connectivity index (χ2v) is 6.36. The molecule has 1 aromatic heterocycles. The van der Waals surface area contributed by atoms with Crippen LogP contribution in [-0.4, -0.2) is 28.3 Å². The highest BCUT2D eigenvalue weighted by molar-refractivity contribution is 7.99. The van der Waals surface area contributed by atoms with Crippen LogP contribution >= 0.6 is 23.4 Å². The van der Waals surface area contributed by atoms with Gasteiger partial charge in [-0.15, -0.1) is 0 Å². The van der Waals surface area contributed by atoms with Crippen LogP contribution in [0, 0.1) is 5.92 Å². The van der Waals surface area contributed by atoms with Crippen LogP contribution in [0.15, 0.2) is 6.20 Å². The topological polar surface area (TPSA) is 29.9 Å². The molecule has 0 amide bonds. The summed E-state index contributed by atoms with van der Waals surface area (Å²) in [6.07, 6.45) is 2.82. The third-order valence-corrected chi connectivity index (χ3v) is 4.45. The average molecular weight is 290 g/mol. The van der Waals surface area contributed by atoms with E-state index in [2.05, 4.69) is 31.2 Å². The van der Waals surface area contributed by atoms with Gasteiger partial charge in [-0.1, -0.05) is 32.4 Å². The van der Waals surface area contributed by atoms with Crippen molar-refractivity contribution in [2.24, 2.45) is 5.92 Å². The molecule has 1 N–H and O–H groups in total. The zero-order valence-electron chi connectivity index (χ0n) is 11.7. The van der Waals surface area contributed by atoms with Gasteiger partial charge in [-0.3, -0.25) is 4.68 Å². The Hall–Kier alpha value is -0.190. The van der Waals surface area contributed by atoms with Gasteiger partial charge in [-0.2, -0.15) is 16.9 Å². The highest BCUT2D eigenvalue weighted by Gasteiger charge is 2.18. The minimum absolute atomic E-state index is 0.273. The Balaban J connectivity index is 2.71. The Morgan fingerprint density at radius 2 is 2.17 bits per heavy atom. The van der Waals surface area contributed by atoms with E-state index in [-0.39, 0.29) is 6.04 Å². The number of hydrogen-bond donors (Lipinski definition) is 1. The molecule has 0 fully saturated rings. The number of halogens is 1. The van der Waals surface area contributed by atoms with E-state index < -0.39 is 0 Å². The Morgan fingerprint density at radius 3 is 2.72 bits per heavy atom. The Kier molecular flexibility index (Phi) is 7.12. The van der Waals surface area contributed by atoms with E-state index in [0.29, 0.717) is 0 Å². The summed E-state index contributed by atoms with van der Waals surface area (Å²) in [7, 11) is 1.99. The van der Waals surface area contributed by atoms with Gasteiger partial charge in [-0.25, -0.2) is 0 Å². The van der Waals surface area contributed by atoms with Crippen molar-refractivity contribution < 1.29 is 0 Å². The maximum Gasteiger partial charge on any atom is 0.0834 e. The molecular weight excluding hydrogens is 266 g/mol. The second-order valence-electron chi connectivity index (χ2n) is 4.87. The zero-order valence-corrected chi connectivity index (χ0v) is 13.3. The first-order chi connectivity index (χ1) is 8.60. The molecular formula is C13H24ClN3S. The number of nitrogens with zero attached hydrogens (tertiary/aromatic N) is 2. The van der Waals surface area contributed by atoms with Gasteiger partial charge in [0.2, 0.25) is 0 Å². The third kappa shape index (κ3) is 4.48. The van der Waals surface area contributed by atoms with Crippen molar-refractivity contribution in [2.45, 2.75) is 39.8 Å². The third-order valence-electron chi connectivity index (χ3n) is 2.68. The molecule has 0 saturated carbocycles. The maximum absolute atomic E-state index is 6.26. The highest BCUT2D eigenvalue weighted by atomic mass is 35.5. The van der Waals surface area contributed by atoms with Gasteiger partial charge in [0.05, 0.1) is 23.0 Å². The van der Waals surface area contributed by atoms with Crippen molar-refractivity contribution in [3.8, 4) is 0 Å². The number of rotatable bonds is 8. The molecule has 0 radical (unpaired) electrons. The SMILES string of the molecule is CCCn1ncc(Cl)c1C(CSCC(C)C)NC. The van der Waals surface area contributed by atoms with Crippen molar-refractivity contribution in [3.63, 3.8) is 0 Å². The smallest absolute Gasteiger partial charge is 0.0834 e. The standard InChI is InChI=1S/C13H24ClN3S/c1-5-6-17-13(11(14)7-16-17)12(15-4)9-18-8-10(2)3/h7,10,12,15H,5-6,8-9H2,1-4H3. The summed E-state index contributed by atoms with van der Waals surface area (Å²) in [4.78, 5) is 0. The molecule has 0 saturated heterocycles. The van der Waals surface area contributed by atoms with Crippen LogP contribution in [0.3, 0.4) is 0 Å². The lowest BCUT2D eigenvalue weighted by Crippen LogP contribution is -2.23. The van der Waals surface area contributed by atoms with Crippen LogP contribution in [0.2, 0.25) is 5.02 Å². The summed E-state index contributed by atoms with van der Waals surface area (Å²) in [5.74, 6) is 2.94. The summed E-state index contributed by atoms with van der Waals surface area (Å²) in [6.45, 7) is 7.57. The number of hydrogen-bond acceptors (Lipinski definition) is 3. The second kappa shape index (κ2) is 8.08. The first-order valence-corrected chi connectivity index (χ1v) is 8.09. The minimum Gasteiger partial charge on any atom is -0.311 e. The van der Waals surface area contributed by atoms with Crippen molar-refractivity contribution >= 4 is 23.4 Å². The molecule has 0 aliphatic rings. The van der Waals surface area contributed by atoms with E-state index in [1.165, 1.54) is 5.75 Å². The molecule has 0 aliphatic carbocycles. The lowest BCUT2D eigenvalue weighted by molar-refractivity contribution is 0.524. The van der Waals surface area contributed by atoms with Crippen LogP contribution in [-0.2, 0) is 6.54 Å². The van der Waals surface area contributed by atoms with Crippen molar-refractivity contribution in [1.29, 1.82) is 0 Å². The summed E-state index contributed by atoms with van der Waals surface area (Å²) in [5.41, 5.74) is 1.12. The zero-order chi connectivity index (χ0) is 13.5. The summed E-state index contributed by atoms with van der Waals surface area (Å²) in [6, 6.07) is 0.273. The van der Waals surface area contributed by atoms with Gasteiger partial charge in [-0.05, 0) is 25.1 Å². The maximum atomic E-state index is 6.26. The first-order valence-electron chi connectivity index (χ1n) is 6.56. The fraction of sp³-hybridized carbons (Fsp3) is 0.769. The largest absolute Gasteiger partial charge is 0.311 e. The predicted molar refractivity (Wildman–Crippen MR) is 81.5 cm³/mol. The van der Waals surface area contributed by atoms with Crippen LogP contribution in [0.4, 0.5) is 0 Å². The lowest BCUT2D eigenvalue weighted by atomic mass is 10.2. The van der Waals surface area contributed by atoms with Crippen LogP contribution in [0.1, 0.15) is 38.9 Å². The van der Waals surface area contributed by atoms with E-state index in [1.807, 2.05) is 23.5 Å². The van der Waals surface area contributed by atoms with Crippen molar-refractivity contribution in [1.82, 2.24) is 15.1 Å². The van der Waals surface area contributed by atoms with Gasteiger partial charge >= 0.3 is 0 Å². The minimum atomic E-state index is 0.273. The highest BCUT2D eigenvalue weighted by Crippen LogP contribution is 2.26. The molecule has 5 heteroatoms. The molecule has 1 atom stereocenters. The van der Waals surface area contributed by atoms with E-state index in [1.54, 1.807) is 6.20 Å². The number of aryl methyl sites for hydroxylation is 1. The Bertz CT molecular complexity index is 352. The first kappa shape index (κ1) is 15.9. The van der Waals surface area contributed by atoms with Gasteiger partial charge < -0.3 is 5.32 Å². The fourth-order valence-electron chi connectivity index (χ4n) is 1.83. The molecule has 1 unspecified atom stereocenters. The molecule has 1 rings (SSSR count). The van der Waals surface area contributed by atoms with Gasteiger partial charge in [0, 0.05) is 12.3 Å². The monoisotopic (exact) mass is 289 g/mol. The van der Waals surface area contributed by atoms with E-state index in [0.717, 1.165) is 35.4 Å². The van der Waals surface area contributed by atoms with Crippen LogP contribution in [0.25, 0.3) is 0 Å². The molecule has 0 aliphatic heterocycles. The van der Waals surface area contributed by atoms with Gasteiger partial charge in [0.15, 0.2) is 0 Å². The average Bonchev–Trinajstić information content (AvgIpc) is 2.67. The van der Waals surface area contributed by atoms with Crippen molar-refractivity contribution in [2.75, 3.05) is 18.6 Å². The number of aromatic nitrogens is 2. The molecule has 18 heavy (non-hydrogen) atoms.